The number of ether oxygens (including phenoxy) is 1. The molecule has 0 aromatic heterocycles. The predicted molar refractivity (Wildman–Crippen MR) is 84.0 cm³/mol. The third-order valence-electron chi connectivity index (χ3n) is 4.32. The van der Waals surface area contributed by atoms with Crippen molar-refractivity contribution in [1.82, 2.24) is 0 Å². The SMILES string of the molecule is CCc1ccc(OC2(CC(=O)O)CCC2)c(C(C)(C)C)c1. The van der Waals surface area contributed by atoms with Crippen molar-refractivity contribution in [3.63, 3.8) is 0 Å². The molecule has 1 saturated carbocycles. The van der Waals surface area contributed by atoms with Gasteiger partial charge in [0.15, 0.2) is 0 Å². The summed E-state index contributed by atoms with van der Waals surface area (Å²) in [6, 6.07) is 6.29. The van der Waals surface area contributed by atoms with Gasteiger partial charge >= 0.3 is 5.97 Å². The minimum absolute atomic E-state index is 0.0192. The van der Waals surface area contributed by atoms with Crippen LogP contribution in [0.5, 0.6) is 5.75 Å². The normalized spacial score (nSPS) is 17.1. The van der Waals surface area contributed by atoms with E-state index in [-0.39, 0.29) is 11.8 Å². The van der Waals surface area contributed by atoms with Gasteiger partial charge in [-0.1, -0.05) is 39.8 Å². The minimum atomic E-state index is -0.780. The van der Waals surface area contributed by atoms with E-state index in [0.29, 0.717) is 0 Å². The van der Waals surface area contributed by atoms with E-state index in [2.05, 4.69) is 39.8 Å². The molecule has 0 atom stereocenters. The molecule has 3 nitrogen and oxygen atoms in total. The van der Waals surface area contributed by atoms with Gasteiger partial charge in [-0.2, -0.15) is 0 Å². The number of aryl methyl sites for hydroxylation is 1. The molecule has 1 aliphatic carbocycles. The molecule has 0 aliphatic heterocycles. The molecule has 116 valence electrons. The highest BCUT2D eigenvalue weighted by atomic mass is 16.5. The Bertz CT molecular complexity index is 522. The monoisotopic (exact) mass is 290 g/mol. The summed E-state index contributed by atoms with van der Waals surface area (Å²) in [6.07, 6.45) is 3.79. The van der Waals surface area contributed by atoms with Crippen LogP contribution in [0.4, 0.5) is 0 Å². The fourth-order valence-corrected chi connectivity index (χ4v) is 2.87. The Morgan fingerprint density at radius 1 is 1.33 bits per heavy atom. The first kappa shape index (κ1) is 15.9. The third-order valence-corrected chi connectivity index (χ3v) is 4.32. The second-order valence-corrected chi connectivity index (χ2v) is 7.14. The second-order valence-electron chi connectivity index (χ2n) is 7.14. The zero-order chi connectivity index (χ0) is 15.7. The number of benzene rings is 1. The first-order chi connectivity index (χ1) is 9.76. The van der Waals surface area contributed by atoms with E-state index >= 15 is 0 Å². The number of hydrogen-bond donors (Lipinski definition) is 1. The van der Waals surface area contributed by atoms with Gasteiger partial charge in [-0.05, 0) is 48.3 Å². The molecule has 2 rings (SSSR count). The van der Waals surface area contributed by atoms with E-state index in [1.165, 1.54) is 11.1 Å². The van der Waals surface area contributed by atoms with Crippen molar-refractivity contribution in [2.45, 2.75) is 70.8 Å². The number of hydrogen-bond acceptors (Lipinski definition) is 2. The fourth-order valence-electron chi connectivity index (χ4n) is 2.87. The molecule has 1 N–H and O–H groups in total. The zero-order valence-electron chi connectivity index (χ0n) is 13.5. The molecular weight excluding hydrogens is 264 g/mol. The summed E-state index contributed by atoms with van der Waals surface area (Å²) >= 11 is 0. The predicted octanol–water partition coefficient (Wildman–Crippen LogP) is 4.32. The van der Waals surface area contributed by atoms with Crippen LogP contribution in [-0.2, 0) is 16.6 Å². The highest BCUT2D eigenvalue weighted by Crippen LogP contribution is 2.42. The molecular formula is C18H26O3. The Morgan fingerprint density at radius 3 is 2.43 bits per heavy atom. The van der Waals surface area contributed by atoms with Crippen molar-refractivity contribution in [2.75, 3.05) is 0 Å². The van der Waals surface area contributed by atoms with E-state index in [9.17, 15) is 4.79 Å². The maximum Gasteiger partial charge on any atom is 0.307 e. The highest BCUT2D eigenvalue weighted by molar-refractivity contribution is 5.68. The van der Waals surface area contributed by atoms with E-state index in [4.69, 9.17) is 9.84 Å². The smallest absolute Gasteiger partial charge is 0.307 e. The lowest BCUT2D eigenvalue weighted by Gasteiger charge is -2.42. The minimum Gasteiger partial charge on any atom is -0.486 e. The molecule has 0 saturated heterocycles. The van der Waals surface area contributed by atoms with Crippen molar-refractivity contribution in [3.05, 3.63) is 29.3 Å². The molecule has 0 radical (unpaired) electrons. The molecule has 0 bridgehead atoms. The van der Waals surface area contributed by atoms with Crippen molar-refractivity contribution < 1.29 is 14.6 Å². The molecule has 1 aliphatic rings. The standard InChI is InChI=1S/C18H26O3/c1-5-13-7-8-15(14(11-13)17(2,3)4)21-18(9-6-10-18)12-16(19)20/h7-8,11H,5-6,9-10,12H2,1-4H3,(H,19,20). The van der Waals surface area contributed by atoms with Crippen LogP contribution in [0, 0.1) is 0 Å². The van der Waals surface area contributed by atoms with Crippen LogP contribution in [0.15, 0.2) is 18.2 Å². The Morgan fingerprint density at radius 2 is 2.00 bits per heavy atom. The number of carbonyl (C=O) groups is 1. The molecule has 0 spiro atoms. The van der Waals surface area contributed by atoms with Crippen LogP contribution in [0.3, 0.4) is 0 Å². The van der Waals surface area contributed by atoms with Crippen LogP contribution in [0.2, 0.25) is 0 Å². The second kappa shape index (κ2) is 5.70. The van der Waals surface area contributed by atoms with E-state index in [1.807, 2.05) is 6.07 Å². The molecule has 0 unspecified atom stereocenters. The largest absolute Gasteiger partial charge is 0.486 e. The summed E-state index contributed by atoms with van der Waals surface area (Å²) in [7, 11) is 0. The van der Waals surface area contributed by atoms with E-state index in [0.717, 1.165) is 31.4 Å². The molecule has 0 heterocycles. The van der Waals surface area contributed by atoms with Crippen molar-refractivity contribution in [1.29, 1.82) is 0 Å². The first-order valence-electron chi connectivity index (χ1n) is 7.80. The third kappa shape index (κ3) is 3.58. The van der Waals surface area contributed by atoms with Gasteiger partial charge < -0.3 is 9.84 Å². The number of carboxylic acid groups (broad SMARTS) is 1. The molecule has 0 amide bonds. The summed E-state index contributed by atoms with van der Waals surface area (Å²) < 4.78 is 6.23. The topological polar surface area (TPSA) is 46.5 Å². The molecule has 21 heavy (non-hydrogen) atoms. The summed E-state index contributed by atoms with van der Waals surface area (Å²) in [5, 5.41) is 9.12. The van der Waals surface area contributed by atoms with Crippen LogP contribution >= 0.6 is 0 Å². The fraction of sp³-hybridized carbons (Fsp3) is 0.611. The molecule has 1 fully saturated rings. The summed E-state index contributed by atoms with van der Waals surface area (Å²) in [4.78, 5) is 11.1. The Hall–Kier alpha value is -1.51. The van der Waals surface area contributed by atoms with Crippen LogP contribution in [-0.4, -0.2) is 16.7 Å². The lowest BCUT2D eigenvalue weighted by Crippen LogP contribution is -2.45. The van der Waals surface area contributed by atoms with Gasteiger partial charge in [0.05, 0.1) is 6.42 Å². The van der Waals surface area contributed by atoms with Crippen molar-refractivity contribution in [2.24, 2.45) is 0 Å². The Labute approximate surface area is 127 Å². The van der Waals surface area contributed by atoms with Gasteiger partial charge in [-0.3, -0.25) is 4.79 Å². The van der Waals surface area contributed by atoms with Crippen molar-refractivity contribution in [3.8, 4) is 5.75 Å². The molecule has 1 aromatic rings. The molecule has 1 aromatic carbocycles. The van der Waals surface area contributed by atoms with Crippen LogP contribution in [0.1, 0.15) is 64.5 Å². The Balaban J connectivity index is 2.32. The van der Waals surface area contributed by atoms with Crippen LogP contribution < -0.4 is 4.74 Å². The lowest BCUT2D eigenvalue weighted by molar-refractivity contribution is -0.144. The lowest BCUT2D eigenvalue weighted by atomic mass is 9.77. The van der Waals surface area contributed by atoms with Crippen molar-refractivity contribution >= 4 is 5.97 Å². The van der Waals surface area contributed by atoms with Gasteiger partial charge in [0.25, 0.3) is 0 Å². The summed E-state index contributed by atoms with van der Waals surface area (Å²) in [6.45, 7) is 8.64. The summed E-state index contributed by atoms with van der Waals surface area (Å²) in [5.74, 6) is 0.0674. The van der Waals surface area contributed by atoms with E-state index in [1.54, 1.807) is 0 Å². The first-order valence-corrected chi connectivity index (χ1v) is 7.80. The summed E-state index contributed by atoms with van der Waals surface area (Å²) in [5.41, 5.74) is 1.93. The van der Waals surface area contributed by atoms with Gasteiger partial charge in [-0.15, -0.1) is 0 Å². The van der Waals surface area contributed by atoms with Gasteiger partial charge in [0.1, 0.15) is 11.4 Å². The van der Waals surface area contributed by atoms with Gasteiger partial charge in [-0.25, -0.2) is 0 Å². The highest BCUT2D eigenvalue weighted by Gasteiger charge is 2.42. The quantitative estimate of drug-likeness (QED) is 0.878. The van der Waals surface area contributed by atoms with Crippen LogP contribution in [0.25, 0.3) is 0 Å². The Kier molecular flexibility index (Phi) is 4.31. The van der Waals surface area contributed by atoms with E-state index < -0.39 is 11.6 Å². The molecule has 3 heteroatoms. The van der Waals surface area contributed by atoms with Gasteiger partial charge in [0.2, 0.25) is 0 Å². The maximum absolute atomic E-state index is 11.1. The average Bonchev–Trinajstić information content (AvgIpc) is 2.34. The zero-order valence-corrected chi connectivity index (χ0v) is 13.5. The number of aliphatic carboxylic acids is 1. The maximum atomic E-state index is 11.1. The van der Waals surface area contributed by atoms with Gasteiger partial charge in [0, 0.05) is 0 Å². The number of rotatable bonds is 5. The average molecular weight is 290 g/mol. The number of carboxylic acids is 1.